The van der Waals surface area contributed by atoms with Gasteiger partial charge in [0.15, 0.2) is 0 Å². The third-order valence-electron chi connectivity index (χ3n) is 5.06. The van der Waals surface area contributed by atoms with Gasteiger partial charge in [-0.3, -0.25) is 9.88 Å². The van der Waals surface area contributed by atoms with E-state index in [0.29, 0.717) is 37.0 Å². The Morgan fingerprint density at radius 1 is 1.19 bits per heavy atom. The Hall–Kier alpha value is -3.06. The molecule has 4 rings (SSSR count). The van der Waals surface area contributed by atoms with Crippen LogP contribution in [0.25, 0.3) is 11.5 Å². The highest BCUT2D eigenvalue weighted by molar-refractivity contribution is 7.92. The Balaban J connectivity index is 1.46. The van der Waals surface area contributed by atoms with Crippen molar-refractivity contribution < 1.29 is 21.6 Å². The Morgan fingerprint density at radius 2 is 1.94 bits per heavy atom. The van der Waals surface area contributed by atoms with Crippen molar-refractivity contribution in [2.24, 2.45) is 0 Å². The fourth-order valence-corrected chi connectivity index (χ4v) is 4.17. The highest BCUT2D eigenvalue weighted by Gasteiger charge is 2.46. The summed E-state index contributed by atoms with van der Waals surface area (Å²) in [7, 11) is -5.35. The highest BCUT2D eigenvalue weighted by atomic mass is 32.2. The number of anilines is 1. The predicted octanol–water partition coefficient (Wildman–Crippen LogP) is 2.22. The third kappa shape index (κ3) is 4.23. The third-order valence-corrected chi connectivity index (χ3v) is 6.56. The largest absolute Gasteiger partial charge is 0.501 e. The summed E-state index contributed by atoms with van der Waals surface area (Å²) in [4.78, 5) is 7.65. The van der Waals surface area contributed by atoms with Crippen LogP contribution in [0.4, 0.5) is 18.9 Å². The molecule has 1 aliphatic rings. The van der Waals surface area contributed by atoms with Gasteiger partial charge in [-0.15, -0.1) is 10.2 Å². The van der Waals surface area contributed by atoms with Gasteiger partial charge < -0.3 is 4.90 Å². The predicted molar refractivity (Wildman–Crippen MR) is 104 cm³/mol. The summed E-state index contributed by atoms with van der Waals surface area (Å²) in [6, 6.07) is 8.70. The Labute approximate surface area is 175 Å². The maximum atomic E-state index is 12.7. The molecule has 1 aliphatic heterocycles. The number of aromatic nitrogens is 5. The van der Waals surface area contributed by atoms with Crippen LogP contribution in [0.5, 0.6) is 0 Å². The average Bonchev–Trinajstić information content (AvgIpc) is 3.38. The van der Waals surface area contributed by atoms with E-state index in [0.717, 1.165) is 17.7 Å². The average molecular weight is 453 g/mol. The zero-order chi connectivity index (χ0) is 22.2. The summed E-state index contributed by atoms with van der Waals surface area (Å²) in [5, 5.41) is 13.8. The van der Waals surface area contributed by atoms with Crippen molar-refractivity contribution >= 4 is 15.5 Å². The van der Waals surface area contributed by atoms with E-state index in [9.17, 15) is 21.6 Å². The molecule has 3 aromatic rings. The molecule has 2 aromatic heterocycles. The Morgan fingerprint density at radius 3 is 2.58 bits per heavy atom. The van der Waals surface area contributed by atoms with Crippen LogP contribution < -0.4 is 4.90 Å². The first kappa shape index (κ1) is 21.2. The second-order valence-electron chi connectivity index (χ2n) is 7.19. The number of rotatable bonds is 5. The van der Waals surface area contributed by atoms with Gasteiger partial charge in [-0.2, -0.15) is 18.4 Å². The number of benzene rings is 1. The molecule has 1 saturated heterocycles. The van der Waals surface area contributed by atoms with E-state index in [1.807, 2.05) is 24.0 Å². The molecule has 3 heterocycles. The molecule has 1 atom stereocenters. The van der Waals surface area contributed by atoms with Crippen LogP contribution in [-0.4, -0.2) is 63.7 Å². The smallest absolute Gasteiger partial charge is 0.357 e. The van der Waals surface area contributed by atoms with E-state index in [1.165, 1.54) is 12.1 Å². The molecule has 31 heavy (non-hydrogen) atoms. The molecule has 0 spiro atoms. The van der Waals surface area contributed by atoms with Crippen molar-refractivity contribution in [3.05, 3.63) is 48.2 Å². The molecule has 0 saturated carbocycles. The first-order chi connectivity index (χ1) is 14.6. The first-order valence-corrected chi connectivity index (χ1v) is 10.7. The number of H-pyrrole nitrogens is 1. The molecule has 0 radical (unpaired) electrons. The van der Waals surface area contributed by atoms with Gasteiger partial charge >= 0.3 is 5.51 Å². The van der Waals surface area contributed by atoms with Gasteiger partial charge in [0, 0.05) is 31.0 Å². The van der Waals surface area contributed by atoms with Crippen molar-refractivity contribution in [2.75, 3.05) is 18.1 Å². The molecule has 0 amide bonds. The van der Waals surface area contributed by atoms with Crippen molar-refractivity contribution in [1.29, 1.82) is 0 Å². The molecule has 1 unspecified atom stereocenters. The molecule has 164 valence electrons. The number of alkyl halides is 3. The summed E-state index contributed by atoms with van der Waals surface area (Å²) in [5.74, 6) is 0.395. The van der Waals surface area contributed by atoms with Gasteiger partial charge in [-0.25, -0.2) is 8.42 Å². The summed E-state index contributed by atoms with van der Waals surface area (Å²) < 4.78 is 61.3. The van der Waals surface area contributed by atoms with Crippen LogP contribution in [0, 0.1) is 0 Å². The number of halogens is 3. The molecule has 1 fully saturated rings. The topological polar surface area (TPSA) is 108 Å². The lowest BCUT2D eigenvalue weighted by molar-refractivity contribution is -0.0436. The van der Waals surface area contributed by atoms with Gasteiger partial charge in [-0.05, 0) is 54.1 Å². The van der Waals surface area contributed by atoms with E-state index in [2.05, 4.69) is 30.5 Å². The second kappa shape index (κ2) is 7.89. The van der Waals surface area contributed by atoms with Crippen molar-refractivity contribution in [2.45, 2.75) is 29.9 Å². The quantitative estimate of drug-likeness (QED) is 0.627. The number of hydrogen-bond acceptors (Lipinski definition) is 8. The van der Waals surface area contributed by atoms with Gasteiger partial charge in [0.1, 0.15) is 5.69 Å². The van der Waals surface area contributed by atoms with Crippen molar-refractivity contribution in [3.8, 4) is 11.5 Å². The number of pyridine rings is 1. The summed E-state index contributed by atoms with van der Waals surface area (Å²) >= 11 is 0. The molecule has 9 nitrogen and oxygen atoms in total. The summed E-state index contributed by atoms with van der Waals surface area (Å²) in [5.41, 5.74) is -3.08. The maximum absolute atomic E-state index is 12.7. The minimum Gasteiger partial charge on any atom is -0.357 e. The van der Waals surface area contributed by atoms with Crippen molar-refractivity contribution in [3.63, 3.8) is 0 Å². The normalized spacial score (nSPS) is 17.9. The Kier molecular flexibility index (Phi) is 5.39. The van der Waals surface area contributed by atoms with Gasteiger partial charge in [0.05, 0.1) is 11.6 Å². The monoisotopic (exact) mass is 453 g/mol. The van der Waals surface area contributed by atoms with Crippen LogP contribution >= 0.6 is 0 Å². The lowest BCUT2D eigenvalue weighted by atomic mass is 10.2. The number of sulfone groups is 1. The van der Waals surface area contributed by atoms with E-state index in [1.54, 1.807) is 6.20 Å². The number of hydrogen-bond donors (Lipinski definition) is 1. The van der Waals surface area contributed by atoms with Crippen LogP contribution in [0.3, 0.4) is 0 Å². The van der Waals surface area contributed by atoms with E-state index >= 15 is 0 Å². The summed E-state index contributed by atoms with van der Waals surface area (Å²) in [6.07, 6.45) is 1.67. The van der Waals surface area contributed by atoms with Crippen LogP contribution in [0.2, 0.25) is 0 Å². The molecule has 1 aromatic carbocycles. The minimum absolute atomic E-state index is 0.167. The van der Waals surface area contributed by atoms with E-state index in [4.69, 9.17) is 0 Å². The second-order valence-corrected chi connectivity index (χ2v) is 9.13. The molecular weight excluding hydrogens is 435 g/mol. The SMILES string of the molecule is CC1CN(c2ccc(S(=O)(=O)C(F)(F)F)cc2)CN1Cc1ccnc(-c2nn[nH]n2)c1. The first-order valence-electron chi connectivity index (χ1n) is 9.24. The molecule has 13 heteroatoms. The van der Waals surface area contributed by atoms with Crippen LogP contribution in [0.15, 0.2) is 47.5 Å². The van der Waals surface area contributed by atoms with E-state index in [-0.39, 0.29) is 6.04 Å². The zero-order valence-corrected chi connectivity index (χ0v) is 17.1. The maximum Gasteiger partial charge on any atom is 0.501 e. The molecular formula is C18H18F3N7O2S. The number of nitrogens with one attached hydrogen (secondary N) is 1. The fraction of sp³-hybridized carbons (Fsp3) is 0.333. The number of tetrazole rings is 1. The lowest BCUT2D eigenvalue weighted by Gasteiger charge is -2.21. The lowest BCUT2D eigenvalue weighted by Crippen LogP contribution is -2.28. The van der Waals surface area contributed by atoms with Crippen LogP contribution in [0.1, 0.15) is 12.5 Å². The van der Waals surface area contributed by atoms with Crippen LogP contribution in [-0.2, 0) is 16.4 Å². The molecule has 0 bridgehead atoms. The van der Waals surface area contributed by atoms with Gasteiger partial charge in [0.25, 0.3) is 9.84 Å². The molecule has 0 aliphatic carbocycles. The Bertz CT molecular complexity index is 1150. The zero-order valence-electron chi connectivity index (χ0n) is 16.3. The van der Waals surface area contributed by atoms with Gasteiger partial charge in [-0.1, -0.05) is 0 Å². The molecule has 1 N–H and O–H groups in total. The summed E-state index contributed by atoms with van der Waals surface area (Å²) in [6.45, 7) is 3.84. The van der Waals surface area contributed by atoms with E-state index < -0.39 is 20.2 Å². The number of aromatic amines is 1. The van der Waals surface area contributed by atoms with Crippen molar-refractivity contribution in [1.82, 2.24) is 30.5 Å². The highest BCUT2D eigenvalue weighted by Crippen LogP contribution is 2.32. The fourth-order valence-electron chi connectivity index (χ4n) is 3.41. The van der Waals surface area contributed by atoms with Gasteiger partial charge in [0.2, 0.25) is 5.82 Å². The standard InChI is InChI=1S/C18H18F3N7O2S/c1-12-9-28(14-2-4-15(5-3-14)31(29,30)18(19,20)21)11-27(12)10-13-6-7-22-16(8-13)17-23-25-26-24-17/h2-8,12H,9-11H2,1H3,(H,23,24,25,26). The minimum atomic E-state index is -5.35. The number of nitrogens with zero attached hydrogens (tertiary/aromatic N) is 6.